The van der Waals surface area contributed by atoms with E-state index < -0.39 is 0 Å². The summed E-state index contributed by atoms with van der Waals surface area (Å²) in [5.41, 5.74) is 1.37. The van der Waals surface area contributed by atoms with Crippen LogP contribution in [0.25, 0.3) is 0 Å². The van der Waals surface area contributed by atoms with Gasteiger partial charge in [0.15, 0.2) is 5.11 Å². The molecule has 0 aliphatic heterocycles. The molecule has 3 rings (SSSR count). The summed E-state index contributed by atoms with van der Waals surface area (Å²) >= 11 is 5.55. The van der Waals surface area contributed by atoms with Crippen molar-refractivity contribution in [3.63, 3.8) is 0 Å². The van der Waals surface area contributed by atoms with Gasteiger partial charge in [0.1, 0.15) is 11.6 Å². The van der Waals surface area contributed by atoms with E-state index in [1.165, 1.54) is 31.0 Å². The van der Waals surface area contributed by atoms with E-state index in [9.17, 15) is 8.78 Å². The largest absolute Gasteiger partial charge is 0.342 e. The molecule has 1 aliphatic rings. The molecule has 2 nitrogen and oxygen atoms in total. The second-order valence-electron chi connectivity index (χ2n) is 6.10. The van der Waals surface area contributed by atoms with Crippen LogP contribution in [0.4, 0.5) is 14.5 Å². The van der Waals surface area contributed by atoms with Gasteiger partial charge in [0.05, 0.1) is 5.69 Å². The maximum Gasteiger partial charge on any atom is 0.174 e. The van der Waals surface area contributed by atoms with Crippen molar-refractivity contribution in [1.29, 1.82) is 0 Å². The fraction of sp³-hybridized carbons (Fsp3) is 0.316. The molecule has 1 fully saturated rings. The van der Waals surface area contributed by atoms with Gasteiger partial charge in [-0.3, -0.25) is 0 Å². The average Bonchev–Trinajstić information content (AvgIpc) is 3.10. The van der Waals surface area contributed by atoms with Crippen LogP contribution in [0.3, 0.4) is 0 Å². The Balaban J connectivity index is 1.77. The first-order chi connectivity index (χ1) is 11.6. The molecule has 0 unspecified atom stereocenters. The third-order valence-corrected chi connectivity index (χ3v) is 4.74. The van der Waals surface area contributed by atoms with Crippen LogP contribution in [0.2, 0.25) is 0 Å². The van der Waals surface area contributed by atoms with E-state index in [1.54, 1.807) is 30.3 Å². The van der Waals surface area contributed by atoms with E-state index in [-0.39, 0.29) is 11.6 Å². The van der Waals surface area contributed by atoms with E-state index in [1.807, 2.05) is 0 Å². The zero-order valence-electron chi connectivity index (χ0n) is 13.3. The van der Waals surface area contributed by atoms with Crippen LogP contribution in [0.5, 0.6) is 0 Å². The summed E-state index contributed by atoms with van der Waals surface area (Å²) in [6.45, 7) is 0.589. The number of benzene rings is 2. The van der Waals surface area contributed by atoms with E-state index in [0.717, 1.165) is 18.4 Å². The number of para-hydroxylation sites is 1. The minimum atomic E-state index is -0.326. The Morgan fingerprint density at radius 1 is 1.04 bits per heavy atom. The average molecular weight is 346 g/mol. The van der Waals surface area contributed by atoms with Crippen molar-refractivity contribution in [3.05, 3.63) is 65.7 Å². The summed E-state index contributed by atoms with van der Waals surface area (Å²) in [4.78, 5) is 2.10. The van der Waals surface area contributed by atoms with E-state index in [0.29, 0.717) is 23.4 Å². The Morgan fingerprint density at radius 2 is 1.71 bits per heavy atom. The van der Waals surface area contributed by atoms with Gasteiger partial charge in [-0.2, -0.15) is 0 Å². The van der Waals surface area contributed by atoms with Crippen molar-refractivity contribution in [2.45, 2.75) is 38.3 Å². The van der Waals surface area contributed by atoms with Crippen LogP contribution in [-0.2, 0) is 6.54 Å². The van der Waals surface area contributed by atoms with Gasteiger partial charge in [0, 0.05) is 12.6 Å². The lowest BCUT2D eigenvalue weighted by molar-refractivity contribution is 0.312. The van der Waals surface area contributed by atoms with Crippen molar-refractivity contribution in [3.8, 4) is 0 Å². The predicted molar refractivity (Wildman–Crippen MR) is 96.8 cm³/mol. The van der Waals surface area contributed by atoms with Crippen LogP contribution < -0.4 is 5.32 Å². The van der Waals surface area contributed by atoms with Crippen LogP contribution in [0.15, 0.2) is 48.5 Å². The lowest BCUT2D eigenvalue weighted by Crippen LogP contribution is -2.41. The van der Waals surface area contributed by atoms with Crippen LogP contribution in [-0.4, -0.2) is 16.1 Å². The molecule has 0 radical (unpaired) electrons. The molecule has 0 atom stereocenters. The van der Waals surface area contributed by atoms with Gasteiger partial charge < -0.3 is 10.2 Å². The molecule has 2 aromatic rings. The maximum atomic E-state index is 13.9. The molecular weight excluding hydrogens is 326 g/mol. The first-order valence-electron chi connectivity index (χ1n) is 8.20. The summed E-state index contributed by atoms with van der Waals surface area (Å²) in [5.74, 6) is -0.578. The Labute approximate surface area is 146 Å². The number of hydrogen-bond acceptors (Lipinski definition) is 1. The number of anilines is 1. The van der Waals surface area contributed by atoms with Gasteiger partial charge in [-0.05, 0) is 54.9 Å². The molecule has 0 amide bonds. The quantitative estimate of drug-likeness (QED) is 0.775. The standard InChI is InChI=1S/C19H20F2N2S/c20-15-11-9-14(10-12-15)13-23(16-5-1-2-6-16)19(24)22-18-8-4-3-7-17(18)21/h3-4,7-12,16H,1-2,5-6,13H2,(H,22,24). The molecule has 24 heavy (non-hydrogen) atoms. The molecule has 1 saturated carbocycles. The highest BCUT2D eigenvalue weighted by atomic mass is 32.1. The highest BCUT2D eigenvalue weighted by Gasteiger charge is 2.25. The fourth-order valence-corrected chi connectivity index (χ4v) is 3.44. The molecule has 0 bridgehead atoms. The minimum Gasteiger partial charge on any atom is -0.342 e. The number of rotatable bonds is 4. The first kappa shape index (κ1) is 16.8. The van der Waals surface area contributed by atoms with Crippen LogP contribution in [0, 0.1) is 11.6 Å². The minimum absolute atomic E-state index is 0.252. The molecule has 0 heterocycles. The van der Waals surface area contributed by atoms with E-state index in [4.69, 9.17) is 12.2 Å². The maximum absolute atomic E-state index is 13.9. The van der Waals surface area contributed by atoms with Gasteiger partial charge in [-0.1, -0.05) is 37.1 Å². The number of nitrogens with zero attached hydrogens (tertiary/aromatic N) is 1. The third-order valence-electron chi connectivity index (χ3n) is 4.41. The van der Waals surface area contributed by atoms with Crippen LogP contribution in [0.1, 0.15) is 31.2 Å². The smallest absolute Gasteiger partial charge is 0.174 e. The number of halogens is 2. The number of thiocarbonyl (C=S) groups is 1. The molecule has 1 N–H and O–H groups in total. The topological polar surface area (TPSA) is 15.3 Å². The van der Waals surface area contributed by atoms with Crippen molar-refractivity contribution in [1.82, 2.24) is 4.90 Å². The highest BCUT2D eigenvalue weighted by molar-refractivity contribution is 7.80. The summed E-state index contributed by atoms with van der Waals surface area (Å²) in [6, 6.07) is 13.3. The molecule has 5 heteroatoms. The summed E-state index contributed by atoms with van der Waals surface area (Å²) < 4.78 is 27.0. The second kappa shape index (κ2) is 7.71. The van der Waals surface area contributed by atoms with E-state index >= 15 is 0 Å². The summed E-state index contributed by atoms with van der Waals surface area (Å²) in [5, 5.41) is 3.54. The monoisotopic (exact) mass is 346 g/mol. The van der Waals surface area contributed by atoms with Gasteiger partial charge in [-0.15, -0.1) is 0 Å². The number of hydrogen-bond donors (Lipinski definition) is 1. The Bertz CT molecular complexity index is 697. The Hall–Kier alpha value is -2.01. The molecule has 2 aromatic carbocycles. The molecule has 1 aliphatic carbocycles. The molecule has 0 aromatic heterocycles. The summed E-state index contributed by atoms with van der Waals surface area (Å²) in [6.07, 6.45) is 4.49. The van der Waals surface area contributed by atoms with E-state index in [2.05, 4.69) is 10.2 Å². The fourth-order valence-electron chi connectivity index (χ4n) is 3.12. The lowest BCUT2D eigenvalue weighted by Gasteiger charge is -2.32. The lowest BCUT2D eigenvalue weighted by atomic mass is 10.1. The van der Waals surface area contributed by atoms with Crippen molar-refractivity contribution in [2.75, 3.05) is 5.32 Å². The van der Waals surface area contributed by atoms with Gasteiger partial charge in [0.2, 0.25) is 0 Å². The molecule has 0 spiro atoms. The van der Waals surface area contributed by atoms with Gasteiger partial charge >= 0.3 is 0 Å². The zero-order chi connectivity index (χ0) is 16.9. The number of nitrogens with one attached hydrogen (secondary N) is 1. The highest BCUT2D eigenvalue weighted by Crippen LogP contribution is 2.26. The SMILES string of the molecule is Fc1ccc(CN(C(=S)Nc2ccccc2F)C2CCCC2)cc1. The zero-order valence-corrected chi connectivity index (χ0v) is 14.2. The molecule has 0 saturated heterocycles. The van der Waals surface area contributed by atoms with Gasteiger partial charge in [-0.25, -0.2) is 8.78 Å². The van der Waals surface area contributed by atoms with Crippen molar-refractivity contribution in [2.24, 2.45) is 0 Å². The Kier molecular flexibility index (Phi) is 5.41. The van der Waals surface area contributed by atoms with Crippen LogP contribution >= 0.6 is 12.2 Å². The first-order valence-corrected chi connectivity index (χ1v) is 8.61. The normalized spacial score (nSPS) is 14.6. The predicted octanol–water partition coefficient (Wildman–Crippen LogP) is 5.11. The third kappa shape index (κ3) is 4.09. The van der Waals surface area contributed by atoms with Crippen molar-refractivity contribution < 1.29 is 8.78 Å². The molecule has 126 valence electrons. The molecular formula is C19H20F2N2S. The van der Waals surface area contributed by atoms with Crippen molar-refractivity contribution >= 4 is 23.0 Å². The second-order valence-corrected chi connectivity index (χ2v) is 6.49. The van der Waals surface area contributed by atoms with Gasteiger partial charge in [0.25, 0.3) is 0 Å². The summed E-state index contributed by atoms with van der Waals surface area (Å²) in [7, 11) is 0. The Morgan fingerprint density at radius 3 is 2.38 bits per heavy atom.